The molecule has 0 saturated carbocycles. The molecule has 52 heavy (non-hydrogen) atoms. The zero-order chi connectivity index (χ0) is 37.6. The Balaban J connectivity index is 1.28. The topological polar surface area (TPSA) is 74.7 Å². The van der Waals surface area contributed by atoms with Gasteiger partial charge in [-0.15, -0.1) is 11.8 Å². The zero-order valence-corrected chi connectivity index (χ0v) is 33.3. The van der Waals surface area contributed by atoms with Gasteiger partial charge in [-0.3, -0.25) is 9.69 Å². The monoisotopic (exact) mass is 754 g/mol. The van der Waals surface area contributed by atoms with Crippen LogP contribution in [-0.4, -0.2) is 77.9 Å². The number of rotatable bonds is 15. The summed E-state index contributed by atoms with van der Waals surface area (Å²) in [5.41, 5.74) is 3.57. The van der Waals surface area contributed by atoms with E-state index in [2.05, 4.69) is 66.6 Å². The average molecular weight is 755 g/mol. The molecule has 1 saturated heterocycles. The second-order valence-electron chi connectivity index (χ2n) is 15.1. The molecule has 3 heterocycles. The number of fused-ring (bicyclic) bond motifs is 1. The number of pyridine rings is 1. The van der Waals surface area contributed by atoms with Gasteiger partial charge >= 0.3 is 6.18 Å². The Morgan fingerprint density at radius 2 is 1.75 bits per heavy atom. The Hall–Kier alpha value is -3.36. The number of alkyl halides is 3. The van der Waals surface area contributed by atoms with Crippen molar-refractivity contribution in [2.75, 3.05) is 50.0 Å². The number of halogens is 3. The zero-order valence-electron chi connectivity index (χ0n) is 31.5. The molecule has 13 heteroatoms. The number of hydrogen-bond acceptors (Lipinski definition) is 7. The Bertz CT molecular complexity index is 1830. The molecule has 0 radical (unpaired) electrons. The highest BCUT2D eigenvalue weighted by molar-refractivity contribution is 8.00. The third-order valence-electron chi connectivity index (χ3n) is 9.34. The van der Waals surface area contributed by atoms with Crippen LogP contribution in [0.25, 0.3) is 11.0 Å². The Kier molecular flexibility index (Phi) is 13.2. The standard InChI is InChI=1S/C39H53F3N6O2SSi/c1-8-46-15-17-47(18-16-46)25-30-11-10-29(21-34(30)39(40,41)42)38(49)45-32-12-9-28(4)35(22-32)43-23-31-24-44-37-33(36(31)51-27(2)3)13-14-48(37)26-50-19-20-52(5,6)7/h9-14,21-22,24,27,43H,8,15-20,23,25-26H2,1-7H3,(H,45,49). The highest BCUT2D eigenvalue weighted by atomic mass is 32.2. The van der Waals surface area contributed by atoms with Gasteiger partial charge < -0.3 is 24.8 Å². The van der Waals surface area contributed by atoms with Crippen molar-refractivity contribution in [1.29, 1.82) is 0 Å². The summed E-state index contributed by atoms with van der Waals surface area (Å²) in [4.78, 5) is 23.6. The minimum atomic E-state index is -4.58. The van der Waals surface area contributed by atoms with Crippen LogP contribution in [0.1, 0.15) is 53.4 Å². The molecule has 0 aliphatic carbocycles. The predicted octanol–water partition coefficient (Wildman–Crippen LogP) is 9.18. The van der Waals surface area contributed by atoms with Crippen LogP contribution in [0.15, 0.2) is 59.8 Å². The number of aryl methyl sites for hydroxylation is 1. The number of carbonyl (C=O) groups is 1. The number of nitrogens with zero attached hydrogens (tertiary/aromatic N) is 4. The number of amides is 1. The Morgan fingerprint density at radius 3 is 2.42 bits per heavy atom. The number of likely N-dealkylation sites (N-methyl/N-ethyl adjacent to an activating group) is 1. The third-order valence-corrected chi connectivity index (χ3v) is 12.2. The molecule has 0 unspecified atom stereocenters. The SMILES string of the molecule is CCN1CCN(Cc2ccc(C(=O)Nc3ccc(C)c(NCc4cnc5c(ccn5COCC[Si](C)(C)C)c4SC(C)C)c3)cc2C(F)(F)F)CC1. The van der Waals surface area contributed by atoms with E-state index in [0.717, 1.165) is 71.1 Å². The Morgan fingerprint density at radius 1 is 1.02 bits per heavy atom. The first-order valence-electron chi connectivity index (χ1n) is 18.1. The summed E-state index contributed by atoms with van der Waals surface area (Å²) in [7, 11) is -1.18. The van der Waals surface area contributed by atoms with Crippen LogP contribution in [0.3, 0.4) is 0 Å². The van der Waals surface area contributed by atoms with Crippen LogP contribution in [-0.2, 0) is 30.7 Å². The lowest BCUT2D eigenvalue weighted by Crippen LogP contribution is -2.45. The fourth-order valence-corrected chi connectivity index (χ4v) is 8.00. The number of benzene rings is 2. The maximum Gasteiger partial charge on any atom is 0.416 e. The fourth-order valence-electron chi connectivity index (χ4n) is 6.21. The minimum Gasteiger partial charge on any atom is -0.381 e. The van der Waals surface area contributed by atoms with Crippen LogP contribution in [0.4, 0.5) is 24.5 Å². The molecule has 1 aliphatic rings. The number of anilines is 2. The van der Waals surface area contributed by atoms with Gasteiger partial charge in [-0.05, 0) is 61.0 Å². The van der Waals surface area contributed by atoms with Crippen LogP contribution >= 0.6 is 11.8 Å². The lowest BCUT2D eigenvalue weighted by atomic mass is 10.0. The van der Waals surface area contributed by atoms with E-state index in [9.17, 15) is 18.0 Å². The van der Waals surface area contributed by atoms with E-state index >= 15 is 0 Å². The van der Waals surface area contributed by atoms with E-state index in [1.165, 1.54) is 12.1 Å². The second-order valence-corrected chi connectivity index (χ2v) is 22.3. The number of piperazine rings is 1. The first kappa shape index (κ1) is 39.8. The first-order chi connectivity index (χ1) is 24.6. The van der Waals surface area contributed by atoms with Crippen LogP contribution in [0, 0.1) is 6.92 Å². The van der Waals surface area contributed by atoms with Crippen molar-refractivity contribution in [3.8, 4) is 0 Å². The van der Waals surface area contributed by atoms with Crippen molar-refractivity contribution in [2.24, 2.45) is 0 Å². The largest absolute Gasteiger partial charge is 0.416 e. The molecule has 5 rings (SSSR count). The van der Waals surface area contributed by atoms with Gasteiger partial charge in [-0.1, -0.05) is 52.5 Å². The van der Waals surface area contributed by atoms with Gasteiger partial charge in [0.05, 0.1) is 5.56 Å². The molecule has 0 spiro atoms. The molecule has 8 nitrogen and oxygen atoms in total. The molecule has 4 aromatic rings. The van der Waals surface area contributed by atoms with Crippen molar-refractivity contribution in [3.05, 3.63) is 82.7 Å². The molecular weight excluding hydrogens is 702 g/mol. The maximum absolute atomic E-state index is 14.2. The van der Waals surface area contributed by atoms with Gasteiger partial charge in [0, 0.05) is 104 Å². The van der Waals surface area contributed by atoms with Crippen LogP contribution in [0.5, 0.6) is 0 Å². The number of ether oxygens (including phenoxy) is 1. The van der Waals surface area contributed by atoms with E-state index < -0.39 is 25.7 Å². The lowest BCUT2D eigenvalue weighted by Gasteiger charge is -2.34. The van der Waals surface area contributed by atoms with Gasteiger partial charge in [0.1, 0.15) is 12.4 Å². The van der Waals surface area contributed by atoms with Crippen LogP contribution < -0.4 is 10.6 Å². The van der Waals surface area contributed by atoms with Gasteiger partial charge in [-0.2, -0.15) is 13.2 Å². The summed E-state index contributed by atoms with van der Waals surface area (Å²) >= 11 is 1.79. The van der Waals surface area contributed by atoms with Crippen molar-refractivity contribution in [3.63, 3.8) is 0 Å². The van der Waals surface area contributed by atoms with Gasteiger partial charge in [0.15, 0.2) is 0 Å². The number of carbonyl (C=O) groups excluding carboxylic acids is 1. The summed E-state index contributed by atoms with van der Waals surface area (Å²) in [6.45, 7) is 21.3. The molecule has 2 N–H and O–H groups in total. The molecule has 1 aliphatic heterocycles. The molecular formula is C39H53F3N6O2SSi. The number of nitrogens with one attached hydrogen (secondary N) is 2. The number of hydrogen-bond donors (Lipinski definition) is 2. The maximum atomic E-state index is 14.2. The molecule has 0 bridgehead atoms. The summed E-state index contributed by atoms with van der Waals surface area (Å²) < 4.78 is 50.7. The third kappa shape index (κ3) is 10.6. The van der Waals surface area contributed by atoms with E-state index in [1.807, 2.05) is 36.4 Å². The predicted molar refractivity (Wildman–Crippen MR) is 210 cm³/mol. The minimum absolute atomic E-state index is 0.0370. The first-order valence-corrected chi connectivity index (χ1v) is 22.7. The number of aromatic nitrogens is 2. The summed E-state index contributed by atoms with van der Waals surface area (Å²) in [6, 6.07) is 12.6. The normalized spacial score (nSPS) is 14.8. The van der Waals surface area contributed by atoms with Crippen LogP contribution in [0.2, 0.25) is 25.7 Å². The number of thioether (sulfide) groups is 1. The van der Waals surface area contributed by atoms with Crippen molar-refractivity contribution in [2.45, 2.75) is 89.5 Å². The van der Waals surface area contributed by atoms with Gasteiger partial charge in [0.2, 0.25) is 0 Å². The van der Waals surface area contributed by atoms with Crippen molar-refractivity contribution >= 4 is 48.2 Å². The molecule has 1 amide bonds. The average Bonchev–Trinajstić information content (AvgIpc) is 3.50. The fraction of sp³-hybridized carbons (Fsp3) is 0.487. The van der Waals surface area contributed by atoms with E-state index in [0.29, 0.717) is 37.3 Å². The van der Waals surface area contributed by atoms with E-state index in [-0.39, 0.29) is 17.7 Å². The molecule has 2 aromatic heterocycles. The highest BCUT2D eigenvalue weighted by Gasteiger charge is 2.35. The lowest BCUT2D eigenvalue weighted by molar-refractivity contribution is -0.138. The summed E-state index contributed by atoms with van der Waals surface area (Å²) in [6.07, 6.45) is -0.636. The molecule has 282 valence electrons. The van der Waals surface area contributed by atoms with Crippen molar-refractivity contribution < 1.29 is 22.7 Å². The molecule has 0 atom stereocenters. The smallest absolute Gasteiger partial charge is 0.381 e. The van der Waals surface area contributed by atoms with Gasteiger partial charge in [-0.25, -0.2) is 4.98 Å². The summed E-state index contributed by atoms with van der Waals surface area (Å²) in [5.74, 6) is -0.595. The quantitative estimate of drug-likeness (QED) is 0.0713. The summed E-state index contributed by atoms with van der Waals surface area (Å²) in [5, 5.41) is 7.76. The van der Waals surface area contributed by atoms with E-state index in [1.54, 1.807) is 17.8 Å². The highest BCUT2D eigenvalue weighted by Crippen LogP contribution is 2.36. The molecule has 1 fully saturated rings. The van der Waals surface area contributed by atoms with E-state index in [4.69, 9.17) is 9.72 Å². The van der Waals surface area contributed by atoms with Gasteiger partial charge in [0.25, 0.3) is 5.91 Å². The molecule has 2 aromatic carbocycles. The Labute approximate surface area is 311 Å². The van der Waals surface area contributed by atoms with Crippen molar-refractivity contribution in [1.82, 2.24) is 19.4 Å². The second kappa shape index (κ2) is 17.2.